The van der Waals surface area contributed by atoms with Crippen LogP contribution in [0.2, 0.25) is 0 Å². The SMILES string of the molecule is O=C(CCNS(=O)(=O)c1ccc2ccccc2c1)NCc1ccnc(OC2CCCC2)c1. The molecule has 168 valence electrons. The first-order valence-corrected chi connectivity index (χ1v) is 12.3. The van der Waals surface area contributed by atoms with E-state index in [9.17, 15) is 13.2 Å². The van der Waals surface area contributed by atoms with Crippen LogP contribution in [-0.2, 0) is 21.4 Å². The van der Waals surface area contributed by atoms with Crippen molar-refractivity contribution in [3.63, 3.8) is 0 Å². The molecule has 0 saturated heterocycles. The van der Waals surface area contributed by atoms with E-state index >= 15 is 0 Å². The lowest BCUT2D eigenvalue weighted by Crippen LogP contribution is -2.30. The van der Waals surface area contributed by atoms with E-state index in [1.807, 2.05) is 36.4 Å². The lowest BCUT2D eigenvalue weighted by Gasteiger charge is -2.13. The molecule has 1 saturated carbocycles. The molecule has 8 heteroatoms. The zero-order chi connectivity index (χ0) is 22.4. The van der Waals surface area contributed by atoms with Gasteiger partial charge in [-0.25, -0.2) is 18.1 Å². The van der Waals surface area contributed by atoms with Crippen LogP contribution in [0.4, 0.5) is 0 Å². The molecule has 1 heterocycles. The Morgan fingerprint density at radius 2 is 1.81 bits per heavy atom. The number of ether oxygens (including phenoxy) is 1. The first-order valence-electron chi connectivity index (χ1n) is 10.9. The predicted molar refractivity (Wildman–Crippen MR) is 123 cm³/mol. The van der Waals surface area contributed by atoms with Crippen molar-refractivity contribution in [1.82, 2.24) is 15.0 Å². The second kappa shape index (κ2) is 10.1. The van der Waals surface area contributed by atoms with E-state index in [1.165, 1.54) is 12.8 Å². The van der Waals surface area contributed by atoms with E-state index in [0.29, 0.717) is 12.4 Å². The molecule has 1 amide bonds. The standard InChI is InChI=1S/C24H27N3O4S/c28-23(26-17-18-11-13-25-24(15-18)31-21-7-3-4-8-21)12-14-27-32(29,30)22-10-9-19-5-1-2-6-20(19)16-22/h1-2,5-6,9-11,13,15-16,21,27H,3-4,7-8,12,14,17H2,(H,26,28). The number of sulfonamides is 1. The summed E-state index contributed by atoms with van der Waals surface area (Å²) in [6, 6.07) is 16.2. The van der Waals surface area contributed by atoms with E-state index < -0.39 is 10.0 Å². The highest BCUT2D eigenvalue weighted by molar-refractivity contribution is 7.89. The molecule has 7 nitrogen and oxygen atoms in total. The molecule has 32 heavy (non-hydrogen) atoms. The van der Waals surface area contributed by atoms with Crippen LogP contribution in [0.5, 0.6) is 5.88 Å². The van der Waals surface area contributed by atoms with Gasteiger partial charge in [-0.2, -0.15) is 0 Å². The average molecular weight is 454 g/mol. The molecule has 1 aliphatic rings. The van der Waals surface area contributed by atoms with Gasteiger partial charge in [-0.05, 0) is 60.2 Å². The van der Waals surface area contributed by atoms with Crippen molar-refractivity contribution in [2.24, 2.45) is 0 Å². The van der Waals surface area contributed by atoms with Crippen LogP contribution in [0.1, 0.15) is 37.7 Å². The normalized spacial score (nSPS) is 14.5. The summed E-state index contributed by atoms with van der Waals surface area (Å²) in [5.41, 5.74) is 0.887. The van der Waals surface area contributed by atoms with Crippen LogP contribution in [0.3, 0.4) is 0 Å². The molecular formula is C24H27N3O4S. The molecule has 2 N–H and O–H groups in total. The molecule has 1 aliphatic carbocycles. The van der Waals surface area contributed by atoms with E-state index in [2.05, 4.69) is 15.0 Å². The summed E-state index contributed by atoms with van der Waals surface area (Å²) in [4.78, 5) is 16.6. The van der Waals surface area contributed by atoms with Gasteiger partial charge in [0.25, 0.3) is 0 Å². The van der Waals surface area contributed by atoms with Crippen molar-refractivity contribution in [2.45, 2.75) is 49.6 Å². The maximum absolute atomic E-state index is 12.6. The van der Waals surface area contributed by atoms with Crippen LogP contribution in [0, 0.1) is 0 Å². The third-order valence-electron chi connectivity index (χ3n) is 5.55. The van der Waals surface area contributed by atoms with Gasteiger partial charge in [0.05, 0.1) is 4.90 Å². The molecule has 0 aliphatic heterocycles. The number of carbonyl (C=O) groups excluding carboxylic acids is 1. The van der Waals surface area contributed by atoms with Crippen LogP contribution >= 0.6 is 0 Å². The van der Waals surface area contributed by atoms with Gasteiger partial charge in [0.15, 0.2) is 0 Å². The first kappa shape index (κ1) is 22.2. The quantitative estimate of drug-likeness (QED) is 0.517. The number of nitrogens with one attached hydrogen (secondary N) is 2. The number of aromatic nitrogens is 1. The minimum Gasteiger partial charge on any atom is -0.474 e. The summed E-state index contributed by atoms with van der Waals surface area (Å²) in [6.45, 7) is 0.354. The van der Waals surface area contributed by atoms with Crippen LogP contribution < -0.4 is 14.8 Å². The summed E-state index contributed by atoms with van der Waals surface area (Å²) in [5.74, 6) is 0.341. The number of fused-ring (bicyclic) bond motifs is 1. The van der Waals surface area contributed by atoms with Gasteiger partial charge >= 0.3 is 0 Å². The maximum Gasteiger partial charge on any atom is 0.240 e. The number of hydrogen-bond acceptors (Lipinski definition) is 5. The number of pyridine rings is 1. The first-order chi connectivity index (χ1) is 15.5. The zero-order valence-corrected chi connectivity index (χ0v) is 18.6. The van der Waals surface area contributed by atoms with Gasteiger partial charge in [-0.3, -0.25) is 4.79 Å². The van der Waals surface area contributed by atoms with Crippen molar-refractivity contribution < 1.29 is 17.9 Å². The van der Waals surface area contributed by atoms with E-state index in [4.69, 9.17) is 4.74 Å². The average Bonchev–Trinajstić information content (AvgIpc) is 3.30. The Balaban J connectivity index is 1.25. The van der Waals surface area contributed by atoms with E-state index in [0.717, 1.165) is 29.2 Å². The molecule has 0 atom stereocenters. The van der Waals surface area contributed by atoms with Gasteiger partial charge < -0.3 is 10.1 Å². The molecule has 1 fully saturated rings. The Labute approximate surface area is 188 Å². The topological polar surface area (TPSA) is 97.4 Å². The summed E-state index contributed by atoms with van der Waals surface area (Å²) in [5, 5.41) is 4.63. The third kappa shape index (κ3) is 5.83. The number of hydrogen-bond donors (Lipinski definition) is 2. The second-order valence-corrected chi connectivity index (χ2v) is 9.73. The van der Waals surface area contributed by atoms with Gasteiger partial charge in [-0.15, -0.1) is 0 Å². The highest BCUT2D eigenvalue weighted by Gasteiger charge is 2.17. The zero-order valence-electron chi connectivity index (χ0n) is 17.8. The Bertz CT molecular complexity index is 1190. The summed E-state index contributed by atoms with van der Waals surface area (Å²) < 4.78 is 33.5. The van der Waals surface area contributed by atoms with Gasteiger partial charge in [-0.1, -0.05) is 30.3 Å². The van der Waals surface area contributed by atoms with Crippen molar-refractivity contribution >= 4 is 26.7 Å². The van der Waals surface area contributed by atoms with E-state index in [-0.39, 0.29) is 29.9 Å². The molecule has 0 radical (unpaired) electrons. The maximum atomic E-state index is 12.6. The number of benzene rings is 2. The number of amides is 1. The fourth-order valence-electron chi connectivity index (χ4n) is 3.81. The fraction of sp³-hybridized carbons (Fsp3) is 0.333. The van der Waals surface area contributed by atoms with Crippen LogP contribution in [0.15, 0.2) is 65.7 Å². The number of nitrogens with zero attached hydrogens (tertiary/aromatic N) is 1. The smallest absolute Gasteiger partial charge is 0.240 e. The molecule has 2 aromatic carbocycles. The molecular weight excluding hydrogens is 426 g/mol. The van der Waals surface area contributed by atoms with Gasteiger partial charge in [0, 0.05) is 31.8 Å². The summed E-state index contributed by atoms with van der Waals surface area (Å²) in [7, 11) is -3.69. The molecule has 1 aromatic heterocycles. The Morgan fingerprint density at radius 3 is 2.62 bits per heavy atom. The lowest BCUT2D eigenvalue weighted by molar-refractivity contribution is -0.121. The Hall–Kier alpha value is -2.97. The third-order valence-corrected chi connectivity index (χ3v) is 7.01. The van der Waals surface area contributed by atoms with Crippen LogP contribution in [-0.4, -0.2) is 32.0 Å². The monoisotopic (exact) mass is 453 g/mol. The highest BCUT2D eigenvalue weighted by atomic mass is 32.2. The van der Waals surface area contributed by atoms with Crippen molar-refractivity contribution in [2.75, 3.05) is 6.54 Å². The molecule has 0 spiro atoms. The highest BCUT2D eigenvalue weighted by Crippen LogP contribution is 2.23. The Morgan fingerprint density at radius 1 is 1.03 bits per heavy atom. The van der Waals surface area contributed by atoms with Gasteiger partial charge in [0.2, 0.25) is 21.8 Å². The molecule has 0 unspecified atom stereocenters. The summed E-state index contributed by atoms with van der Waals surface area (Å²) in [6.07, 6.45) is 6.42. The summed E-state index contributed by atoms with van der Waals surface area (Å²) >= 11 is 0. The number of rotatable bonds is 9. The van der Waals surface area contributed by atoms with Crippen molar-refractivity contribution in [3.8, 4) is 5.88 Å². The predicted octanol–water partition coefficient (Wildman–Crippen LogP) is 3.54. The fourth-order valence-corrected chi connectivity index (χ4v) is 4.87. The minimum absolute atomic E-state index is 0.0212. The minimum atomic E-state index is -3.69. The largest absolute Gasteiger partial charge is 0.474 e. The Kier molecular flexibility index (Phi) is 7.02. The van der Waals surface area contributed by atoms with Gasteiger partial charge in [0.1, 0.15) is 6.10 Å². The van der Waals surface area contributed by atoms with Crippen molar-refractivity contribution in [3.05, 3.63) is 66.4 Å². The number of carbonyl (C=O) groups is 1. The van der Waals surface area contributed by atoms with E-state index in [1.54, 1.807) is 24.4 Å². The van der Waals surface area contributed by atoms with Crippen LogP contribution in [0.25, 0.3) is 10.8 Å². The molecule has 3 aromatic rings. The second-order valence-electron chi connectivity index (χ2n) is 7.96. The lowest BCUT2D eigenvalue weighted by atomic mass is 10.1. The molecule has 0 bridgehead atoms. The van der Waals surface area contributed by atoms with Crippen molar-refractivity contribution in [1.29, 1.82) is 0 Å². The molecule has 4 rings (SSSR count).